The summed E-state index contributed by atoms with van der Waals surface area (Å²) in [5.74, 6) is 0.336. The van der Waals surface area contributed by atoms with Gasteiger partial charge in [-0.15, -0.1) is 0 Å². The van der Waals surface area contributed by atoms with E-state index in [9.17, 15) is 8.42 Å². The molecule has 0 aliphatic heterocycles. The van der Waals surface area contributed by atoms with Crippen molar-refractivity contribution in [1.82, 2.24) is 9.38 Å². The van der Waals surface area contributed by atoms with Gasteiger partial charge in [-0.25, -0.2) is 13.4 Å². The van der Waals surface area contributed by atoms with Crippen LogP contribution in [0.1, 0.15) is 11.1 Å². The highest BCUT2D eigenvalue weighted by atomic mass is 35.5. The number of nitrogens with zero attached hydrogens (tertiary/aromatic N) is 2. The molecule has 0 aliphatic carbocycles. The molecule has 0 spiro atoms. The Morgan fingerprint density at radius 2 is 1.69 bits per heavy atom. The van der Waals surface area contributed by atoms with Gasteiger partial charge in [0.15, 0.2) is 5.82 Å². The molecule has 0 bridgehead atoms. The number of benzene rings is 2. The minimum absolute atomic E-state index is 0.172. The number of anilines is 1. The number of hydrogen-bond donors (Lipinski definition) is 1. The molecule has 29 heavy (non-hydrogen) atoms. The molecule has 0 amide bonds. The van der Waals surface area contributed by atoms with Crippen LogP contribution >= 0.6 is 23.2 Å². The number of nitrogens with one attached hydrogen (secondary N) is 1. The van der Waals surface area contributed by atoms with Crippen molar-refractivity contribution in [2.24, 2.45) is 0 Å². The number of aryl methyl sites for hydroxylation is 2. The molecule has 2 aromatic carbocycles. The Kier molecular flexibility index (Phi) is 5.02. The van der Waals surface area contributed by atoms with Gasteiger partial charge in [-0.1, -0.05) is 53.0 Å². The van der Waals surface area contributed by atoms with E-state index >= 15 is 0 Å². The van der Waals surface area contributed by atoms with Crippen molar-refractivity contribution in [3.63, 3.8) is 0 Å². The lowest BCUT2D eigenvalue weighted by Gasteiger charge is -2.11. The third kappa shape index (κ3) is 3.71. The van der Waals surface area contributed by atoms with Crippen molar-refractivity contribution < 1.29 is 8.42 Å². The summed E-state index contributed by atoms with van der Waals surface area (Å²) in [4.78, 5) is 4.85. The predicted octanol–water partition coefficient (Wildman–Crippen LogP) is 5.73. The normalized spacial score (nSPS) is 11.7. The number of sulfonamides is 1. The molecule has 0 atom stereocenters. The summed E-state index contributed by atoms with van der Waals surface area (Å²) in [6, 6.07) is 15.5. The Balaban J connectivity index is 1.91. The molecule has 0 fully saturated rings. The highest BCUT2D eigenvalue weighted by Crippen LogP contribution is 2.34. The van der Waals surface area contributed by atoms with E-state index in [1.54, 1.807) is 53.1 Å². The van der Waals surface area contributed by atoms with Gasteiger partial charge >= 0.3 is 0 Å². The van der Waals surface area contributed by atoms with Gasteiger partial charge < -0.3 is 0 Å². The summed E-state index contributed by atoms with van der Waals surface area (Å²) in [5, 5.41) is 0.780. The van der Waals surface area contributed by atoms with Gasteiger partial charge in [0.2, 0.25) is 0 Å². The first-order valence-corrected chi connectivity index (χ1v) is 11.0. The Hall–Kier alpha value is -2.54. The average Bonchev–Trinajstić information content (AvgIpc) is 3.04. The van der Waals surface area contributed by atoms with Crippen LogP contribution in [0, 0.1) is 13.8 Å². The van der Waals surface area contributed by atoms with Crippen LogP contribution in [0.2, 0.25) is 10.0 Å². The van der Waals surface area contributed by atoms with E-state index in [-0.39, 0.29) is 4.90 Å². The Bertz CT molecular complexity index is 1330. The van der Waals surface area contributed by atoms with Crippen molar-refractivity contribution >= 4 is 44.7 Å². The van der Waals surface area contributed by atoms with Crippen molar-refractivity contribution in [1.29, 1.82) is 0 Å². The van der Waals surface area contributed by atoms with Crippen LogP contribution in [-0.2, 0) is 10.0 Å². The van der Waals surface area contributed by atoms with Gasteiger partial charge in [-0.2, -0.15) is 0 Å². The van der Waals surface area contributed by atoms with E-state index in [1.165, 1.54) is 0 Å². The maximum absolute atomic E-state index is 13.0. The van der Waals surface area contributed by atoms with E-state index in [4.69, 9.17) is 23.2 Å². The van der Waals surface area contributed by atoms with Crippen molar-refractivity contribution in [2.75, 3.05) is 4.72 Å². The molecule has 148 valence electrons. The first-order chi connectivity index (χ1) is 13.8. The van der Waals surface area contributed by atoms with Gasteiger partial charge in [0.25, 0.3) is 10.0 Å². The fourth-order valence-electron chi connectivity index (χ4n) is 3.05. The van der Waals surface area contributed by atoms with Gasteiger partial charge in [0.05, 0.1) is 14.9 Å². The fourth-order valence-corrected chi connectivity index (χ4v) is 4.41. The lowest BCUT2D eigenvalue weighted by Crippen LogP contribution is -2.15. The minimum atomic E-state index is -3.82. The largest absolute Gasteiger partial charge is 0.285 e. The minimum Gasteiger partial charge on any atom is -0.285 e. The molecule has 0 saturated heterocycles. The van der Waals surface area contributed by atoms with Gasteiger partial charge in [-0.05, 0) is 49.7 Å². The zero-order valence-electron chi connectivity index (χ0n) is 15.6. The number of pyridine rings is 1. The lowest BCUT2D eigenvalue weighted by atomic mass is 10.1. The Morgan fingerprint density at radius 3 is 2.38 bits per heavy atom. The van der Waals surface area contributed by atoms with Crippen LogP contribution in [0.4, 0.5) is 5.82 Å². The molecule has 5 nitrogen and oxygen atoms in total. The number of aromatic nitrogens is 2. The van der Waals surface area contributed by atoms with E-state index in [0.717, 1.165) is 11.1 Å². The van der Waals surface area contributed by atoms with E-state index in [2.05, 4.69) is 9.71 Å². The maximum atomic E-state index is 13.0. The summed E-state index contributed by atoms with van der Waals surface area (Å²) in [6.45, 7) is 3.82. The summed E-state index contributed by atoms with van der Waals surface area (Å²) in [5.41, 5.74) is 3.66. The van der Waals surface area contributed by atoms with Crippen LogP contribution < -0.4 is 4.72 Å². The smallest absolute Gasteiger partial charge is 0.263 e. The van der Waals surface area contributed by atoms with Crippen LogP contribution in [0.5, 0.6) is 0 Å². The predicted molar refractivity (Wildman–Crippen MR) is 117 cm³/mol. The molecule has 2 aromatic heterocycles. The molecule has 1 N–H and O–H groups in total. The van der Waals surface area contributed by atoms with Gasteiger partial charge in [-0.3, -0.25) is 9.12 Å². The second-order valence-corrected chi connectivity index (χ2v) is 9.24. The number of halogens is 2. The first kappa shape index (κ1) is 19.8. The molecular weight excluding hydrogens is 429 g/mol. The highest BCUT2D eigenvalue weighted by molar-refractivity contribution is 7.92. The van der Waals surface area contributed by atoms with Crippen LogP contribution in [0.25, 0.3) is 16.9 Å². The third-order valence-electron chi connectivity index (χ3n) is 4.60. The van der Waals surface area contributed by atoms with E-state index < -0.39 is 10.0 Å². The van der Waals surface area contributed by atoms with E-state index in [1.807, 2.05) is 26.0 Å². The summed E-state index contributed by atoms with van der Waals surface area (Å²) < 4.78 is 30.5. The van der Waals surface area contributed by atoms with E-state index in [0.29, 0.717) is 32.8 Å². The number of rotatable bonds is 4. The monoisotopic (exact) mass is 445 g/mol. The van der Waals surface area contributed by atoms with Crippen molar-refractivity contribution in [3.8, 4) is 11.3 Å². The first-order valence-electron chi connectivity index (χ1n) is 8.79. The second kappa shape index (κ2) is 7.37. The molecule has 0 unspecified atom stereocenters. The van der Waals surface area contributed by atoms with Gasteiger partial charge in [0.1, 0.15) is 11.3 Å². The SMILES string of the molecule is Cc1ccc(S(=O)(=O)Nc2c(-c3ccc(Cl)c(Cl)c3)nc3c(C)cccn23)cc1. The third-order valence-corrected chi connectivity index (χ3v) is 6.69. The molecule has 0 aliphatic rings. The zero-order valence-corrected chi connectivity index (χ0v) is 18.0. The quantitative estimate of drug-likeness (QED) is 0.436. The maximum Gasteiger partial charge on any atom is 0.263 e. The standard InChI is InChI=1S/C21H17Cl2N3O2S/c1-13-5-8-16(9-6-13)29(27,28)25-21-19(15-7-10-17(22)18(23)12-15)24-20-14(2)4-3-11-26(20)21/h3-12,25H,1-2H3. The summed E-state index contributed by atoms with van der Waals surface area (Å²) in [7, 11) is -3.82. The molecule has 2 heterocycles. The van der Waals surface area contributed by atoms with Crippen molar-refractivity contribution in [2.45, 2.75) is 18.7 Å². The molecular formula is C21H17Cl2N3O2S. The molecule has 0 radical (unpaired) electrons. The lowest BCUT2D eigenvalue weighted by molar-refractivity contribution is 0.601. The molecule has 4 rings (SSSR count). The van der Waals surface area contributed by atoms with Crippen LogP contribution in [0.3, 0.4) is 0 Å². The number of hydrogen-bond acceptors (Lipinski definition) is 3. The van der Waals surface area contributed by atoms with Crippen LogP contribution in [0.15, 0.2) is 65.7 Å². The van der Waals surface area contributed by atoms with Gasteiger partial charge in [0, 0.05) is 11.8 Å². The molecule has 8 heteroatoms. The van der Waals surface area contributed by atoms with Crippen LogP contribution in [-0.4, -0.2) is 17.8 Å². The number of fused-ring (bicyclic) bond motifs is 1. The average molecular weight is 446 g/mol. The zero-order chi connectivity index (χ0) is 20.8. The second-order valence-electron chi connectivity index (χ2n) is 6.74. The highest BCUT2D eigenvalue weighted by Gasteiger charge is 2.22. The topological polar surface area (TPSA) is 63.5 Å². The molecule has 0 saturated carbocycles. The molecule has 4 aromatic rings. The fraction of sp³-hybridized carbons (Fsp3) is 0.0952. The summed E-state index contributed by atoms with van der Waals surface area (Å²) in [6.07, 6.45) is 1.77. The Labute approximate surface area is 179 Å². The summed E-state index contributed by atoms with van der Waals surface area (Å²) >= 11 is 12.2. The number of imidazole rings is 1. The Morgan fingerprint density at radius 1 is 0.966 bits per heavy atom. The van der Waals surface area contributed by atoms with Crippen molar-refractivity contribution in [3.05, 3.63) is 82.0 Å².